The largest absolute Gasteiger partial charge is 0.367 e. The fourth-order valence-electron chi connectivity index (χ4n) is 3.11. The number of pyridine rings is 1. The molecule has 3 rings (SSSR count). The van der Waals surface area contributed by atoms with Gasteiger partial charge in [0, 0.05) is 39.3 Å². The van der Waals surface area contributed by atoms with Crippen LogP contribution in [0.1, 0.15) is 35.8 Å². The Kier molecular flexibility index (Phi) is 5.51. The Labute approximate surface area is 153 Å². The number of nitrogens with zero attached hydrogens (tertiary/aromatic N) is 3. The number of rotatable bonds is 4. The van der Waals surface area contributed by atoms with Crippen molar-refractivity contribution in [1.29, 1.82) is 0 Å². The summed E-state index contributed by atoms with van der Waals surface area (Å²) in [7, 11) is 0. The Morgan fingerprint density at radius 2 is 1.77 bits per heavy atom. The predicted molar refractivity (Wildman–Crippen MR) is 101 cm³/mol. The third kappa shape index (κ3) is 4.20. The van der Waals surface area contributed by atoms with E-state index >= 15 is 0 Å². The van der Waals surface area contributed by atoms with Gasteiger partial charge in [0.1, 0.15) is 0 Å². The molecule has 1 aliphatic heterocycles. The molecular weight excluding hydrogens is 328 g/mol. The van der Waals surface area contributed by atoms with Gasteiger partial charge in [-0.2, -0.15) is 0 Å². The Hall–Kier alpha value is -2.89. The smallest absolute Gasteiger partial charge is 0.253 e. The molecule has 1 fully saturated rings. The van der Waals surface area contributed by atoms with Gasteiger partial charge in [0.05, 0.1) is 23.5 Å². The molecule has 0 bridgehead atoms. The van der Waals surface area contributed by atoms with Crippen molar-refractivity contribution < 1.29 is 9.59 Å². The standard InChI is InChI=1S/C20H24N4O2/c1-15(17-6-4-3-5-7-17)22-20(26)18-12-19(14-21-13-18)24-10-8-23(9-11-24)16(2)25/h3-7,12-15H,8-11H2,1-2H3,(H,22,26). The van der Waals surface area contributed by atoms with E-state index in [4.69, 9.17) is 0 Å². The molecule has 1 N–H and O–H groups in total. The third-order valence-corrected chi connectivity index (χ3v) is 4.72. The van der Waals surface area contributed by atoms with E-state index in [9.17, 15) is 9.59 Å². The Morgan fingerprint density at radius 3 is 2.42 bits per heavy atom. The maximum absolute atomic E-state index is 12.6. The fraction of sp³-hybridized carbons (Fsp3) is 0.350. The lowest BCUT2D eigenvalue weighted by molar-refractivity contribution is -0.129. The van der Waals surface area contributed by atoms with E-state index in [0.29, 0.717) is 18.7 Å². The van der Waals surface area contributed by atoms with Crippen LogP contribution in [0.15, 0.2) is 48.8 Å². The van der Waals surface area contributed by atoms with Crippen LogP contribution in [0.5, 0.6) is 0 Å². The summed E-state index contributed by atoms with van der Waals surface area (Å²) < 4.78 is 0. The van der Waals surface area contributed by atoms with Crippen LogP contribution in [-0.4, -0.2) is 47.9 Å². The van der Waals surface area contributed by atoms with Crippen LogP contribution in [0.4, 0.5) is 5.69 Å². The van der Waals surface area contributed by atoms with Gasteiger partial charge in [0.15, 0.2) is 0 Å². The number of hydrogen-bond acceptors (Lipinski definition) is 4. The second-order valence-electron chi connectivity index (χ2n) is 6.53. The van der Waals surface area contributed by atoms with Crippen molar-refractivity contribution in [2.24, 2.45) is 0 Å². The molecule has 6 heteroatoms. The monoisotopic (exact) mass is 352 g/mol. The maximum atomic E-state index is 12.6. The summed E-state index contributed by atoms with van der Waals surface area (Å²) in [5, 5.41) is 3.01. The minimum atomic E-state index is -0.141. The Bertz CT molecular complexity index is 770. The summed E-state index contributed by atoms with van der Waals surface area (Å²) in [6.07, 6.45) is 3.35. The molecule has 2 heterocycles. The topological polar surface area (TPSA) is 65.5 Å². The number of piperazine rings is 1. The highest BCUT2D eigenvalue weighted by atomic mass is 16.2. The second-order valence-corrected chi connectivity index (χ2v) is 6.53. The van der Waals surface area contributed by atoms with Crippen LogP contribution in [0.25, 0.3) is 0 Å². The normalized spacial score (nSPS) is 15.5. The van der Waals surface area contributed by atoms with Crippen LogP contribution in [0, 0.1) is 0 Å². The molecule has 0 aliphatic carbocycles. The quantitative estimate of drug-likeness (QED) is 0.916. The first-order valence-corrected chi connectivity index (χ1v) is 8.86. The molecule has 1 unspecified atom stereocenters. The lowest BCUT2D eigenvalue weighted by atomic mass is 10.1. The second kappa shape index (κ2) is 7.99. The summed E-state index contributed by atoms with van der Waals surface area (Å²) in [5.74, 6) is -0.0381. The van der Waals surface area contributed by atoms with E-state index in [-0.39, 0.29) is 17.9 Å². The first kappa shape index (κ1) is 17.9. The fourth-order valence-corrected chi connectivity index (χ4v) is 3.11. The number of aromatic nitrogens is 1. The van der Waals surface area contributed by atoms with Gasteiger partial charge in [-0.05, 0) is 18.6 Å². The average Bonchev–Trinajstić information content (AvgIpc) is 2.68. The Balaban J connectivity index is 1.65. The van der Waals surface area contributed by atoms with Gasteiger partial charge >= 0.3 is 0 Å². The van der Waals surface area contributed by atoms with E-state index in [1.54, 1.807) is 19.3 Å². The average molecular weight is 352 g/mol. The SMILES string of the molecule is CC(=O)N1CCN(c2cncc(C(=O)NC(C)c3ccccc3)c2)CC1. The van der Waals surface area contributed by atoms with Gasteiger partial charge in [-0.15, -0.1) is 0 Å². The van der Waals surface area contributed by atoms with Gasteiger partial charge in [-0.1, -0.05) is 30.3 Å². The highest BCUT2D eigenvalue weighted by molar-refractivity contribution is 5.95. The molecule has 136 valence electrons. The van der Waals surface area contributed by atoms with Crippen LogP contribution in [-0.2, 0) is 4.79 Å². The lowest BCUT2D eigenvalue weighted by Crippen LogP contribution is -2.48. The minimum absolute atomic E-state index is 0.0773. The van der Waals surface area contributed by atoms with Crippen molar-refractivity contribution in [3.05, 3.63) is 59.9 Å². The highest BCUT2D eigenvalue weighted by Gasteiger charge is 2.20. The molecule has 1 atom stereocenters. The molecule has 2 amide bonds. The van der Waals surface area contributed by atoms with Crippen LogP contribution in [0.2, 0.25) is 0 Å². The van der Waals surface area contributed by atoms with Crippen molar-refractivity contribution in [1.82, 2.24) is 15.2 Å². The third-order valence-electron chi connectivity index (χ3n) is 4.72. The molecule has 6 nitrogen and oxygen atoms in total. The van der Waals surface area contributed by atoms with Gasteiger partial charge < -0.3 is 15.1 Å². The van der Waals surface area contributed by atoms with Crippen LogP contribution >= 0.6 is 0 Å². The van der Waals surface area contributed by atoms with Crippen molar-refractivity contribution in [3.8, 4) is 0 Å². The number of carbonyl (C=O) groups is 2. The molecule has 0 spiro atoms. The van der Waals surface area contributed by atoms with Crippen LogP contribution < -0.4 is 10.2 Å². The van der Waals surface area contributed by atoms with Gasteiger partial charge in [-0.3, -0.25) is 14.6 Å². The minimum Gasteiger partial charge on any atom is -0.367 e. The van der Waals surface area contributed by atoms with Crippen molar-refractivity contribution in [2.75, 3.05) is 31.1 Å². The summed E-state index contributed by atoms with van der Waals surface area (Å²) in [5.41, 5.74) is 2.51. The summed E-state index contributed by atoms with van der Waals surface area (Å²) in [4.78, 5) is 32.3. The van der Waals surface area contributed by atoms with Crippen molar-refractivity contribution in [3.63, 3.8) is 0 Å². The molecule has 0 radical (unpaired) electrons. The first-order valence-electron chi connectivity index (χ1n) is 8.86. The number of hydrogen-bond donors (Lipinski definition) is 1. The number of nitrogens with one attached hydrogen (secondary N) is 1. The number of carbonyl (C=O) groups excluding carboxylic acids is 2. The van der Waals surface area contributed by atoms with Crippen molar-refractivity contribution >= 4 is 17.5 Å². The van der Waals surface area contributed by atoms with Gasteiger partial charge in [-0.25, -0.2) is 0 Å². The molecule has 0 saturated carbocycles. The molecule has 1 aromatic carbocycles. The molecule has 26 heavy (non-hydrogen) atoms. The molecule has 1 saturated heterocycles. The van der Waals surface area contributed by atoms with E-state index in [0.717, 1.165) is 24.3 Å². The molecule has 1 aromatic heterocycles. The zero-order valence-electron chi connectivity index (χ0n) is 15.2. The van der Waals surface area contributed by atoms with Gasteiger partial charge in [0.2, 0.25) is 5.91 Å². The lowest BCUT2D eigenvalue weighted by Gasteiger charge is -2.35. The van der Waals surface area contributed by atoms with Crippen molar-refractivity contribution in [2.45, 2.75) is 19.9 Å². The summed E-state index contributed by atoms with van der Waals surface area (Å²) in [6, 6.07) is 11.6. The summed E-state index contributed by atoms with van der Waals surface area (Å²) >= 11 is 0. The number of benzene rings is 1. The first-order chi connectivity index (χ1) is 12.5. The van der Waals surface area contributed by atoms with E-state index in [2.05, 4.69) is 15.2 Å². The number of anilines is 1. The molecular formula is C20H24N4O2. The van der Waals surface area contributed by atoms with Gasteiger partial charge in [0.25, 0.3) is 5.91 Å². The maximum Gasteiger partial charge on any atom is 0.253 e. The zero-order chi connectivity index (χ0) is 18.5. The summed E-state index contributed by atoms with van der Waals surface area (Å²) in [6.45, 7) is 6.43. The van der Waals surface area contributed by atoms with Crippen LogP contribution in [0.3, 0.4) is 0 Å². The Morgan fingerprint density at radius 1 is 1.08 bits per heavy atom. The highest BCUT2D eigenvalue weighted by Crippen LogP contribution is 2.18. The zero-order valence-corrected chi connectivity index (χ0v) is 15.2. The van der Waals surface area contributed by atoms with E-state index in [1.807, 2.05) is 48.2 Å². The molecule has 1 aliphatic rings. The number of amides is 2. The molecule has 2 aromatic rings. The van der Waals surface area contributed by atoms with E-state index < -0.39 is 0 Å². The van der Waals surface area contributed by atoms with E-state index in [1.165, 1.54) is 0 Å². The predicted octanol–water partition coefficient (Wildman–Crippen LogP) is 2.24.